The van der Waals surface area contributed by atoms with E-state index in [0.717, 1.165) is 116 Å². The first-order valence-corrected chi connectivity index (χ1v) is 26.3. The van der Waals surface area contributed by atoms with Crippen molar-refractivity contribution in [2.75, 3.05) is 13.2 Å². The van der Waals surface area contributed by atoms with E-state index in [9.17, 15) is 14.4 Å². The molecule has 0 spiro atoms. The standard InChI is InChI=1S/C63H92O6/c1-4-7-10-13-16-19-22-25-28-30-31-33-35-38-41-44-47-50-53-56-62(65)68-59-60(58-67-61(64)55-52-49-46-43-40-37-34-27-24-21-18-15-12-9-6-3)69-63(66)57-54-51-48-45-42-39-36-32-29-26-23-20-17-14-11-8-5-2/h7-12,16-21,25-29,31,33-34,36,38-41,43,47,49-50,52,60H,4-6,13-15,22-24,30,32,35,37,42,44-46,48,51,53-59H2,1-3H3/b10-7-,11-8-,12-9-,19-16-,20-17-,21-18-,28-25-,29-26-,33-31-,34-27-,39-36-,41-38-,43-40-,50-47-,52-49-. The number of unbranched alkanes of at least 4 members (excludes halogenated alkanes) is 4. The molecule has 0 amide bonds. The number of carbonyl (C=O) groups excluding carboxylic acids is 3. The lowest BCUT2D eigenvalue weighted by Crippen LogP contribution is -2.30. The van der Waals surface area contributed by atoms with Crippen molar-refractivity contribution in [2.45, 2.75) is 181 Å². The largest absolute Gasteiger partial charge is 0.462 e. The first-order chi connectivity index (χ1) is 34.0. The van der Waals surface area contributed by atoms with Gasteiger partial charge in [-0.25, -0.2) is 0 Å². The number of rotatable bonds is 44. The average Bonchev–Trinajstić information content (AvgIpc) is 3.35. The second-order valence-electron chi connectivity index (χ2n) is 16.3. The number of carbonyl (C=O) groups is 3. The summed E-state index contributed by atoms with van der Waals surface area (Å²) in [7, 11) is 0. The van der Waals surface area contributed by atoms with E-state index in [4.69, 9.17) is 14.2 Å². The molecule has 0 heterocycles. The van der Waals surface area contributed by atoms with Crippen LogP contribution in [0.25, 0.3) is 0 Å². The van der Waals surface area contributed by atoms with Gasteiger partial charge >= 0.3 is 17.9 Å². The molecule has 0 rings (SSSR count). The Kier molecular flexibility index (Phi) is 50.7. The molecule has 1 atom stereocenters. The van der Waals surface area contributed by atoms with Gasteiger partial charge in [-0.3, -0.25) is 14.4 Å². The predicted molar refractivity (Wildman–Crippen MR) is 297 cm³/mol. The molecule has 0 aromatic heterocycles. The summed E-state index contributed by atoms with van der Waals surface area (Å²) in [6.45, 7) is 6.08. The van der Waals surface area contributed by atoms with Gasteiger partial charge in [0, 0.05) is 12.8 Å². The topological polar surface area (TPSA) is 78.9 Å². The number of allylic oxidation sites excluding steroid dienone is 29. The van der Waals surface area contributed by atoms with Crippen LogP contribution in [0.3, 0.4) is 0 Å². The summed E-state index contributed by atoms with van der Waals surface area (Å²) < 4.78 is 16.6. The highest BCUT2D eigenvalue weighted by Crippen LogP contribution is 2.10. The van der Waals surface area contributed by atoms with E-state index in [1.807, 2.05) is 18.2 Å². The molecule has 0 saturated carbocycles. The third-order valence-corrected chi connectivity index (χ3v) is 9.93. The molecule has 0 aliphatic rings. The van der Waals surface area contributed by atoms with Crippen LogP contribution in [0.2, 0.25) is 0 Å². The fraction of sp³-hybridized carbons (Fsp3) is 0.476. The summed E-state index contributed by atoms with van der Waals surface area (Å²) in [4.78, 5) is 38.0. The van der Waals surface area contributed by atoms with Crippen LogP contribution in [0.5, 0.6) is 0 Å². The Labute approximate surface area is 421 Å². The molecule has 6 nitrogen and oxygen atoms in total. The van der Waals surface area contributed by atoms with Crippen molar-refractivity contribution in [2.24, 2.45) is 0 Å². The van der Waals surface area contributed by atoms with Gasteiger partial charge in [0.1, 0.15) is 13.2 Å². The highest BCUT2D eigenvalue weighted by atomic mass is 16.6. The van der Waals surface area contributed by atoms with Crippen molar-refractivity contribution in [1.82, 2.24) is 0 Å². The Morgan fingerprint density at radius 2 is 0.609 bits per heavy atom. The van der Waals surface area contributed by atoms with Crippen molar-refractivity contribution in [3.8, 4) is 0 Å². The summed E-state index contributed by atoms with van der Waals surface area (Å²) in [6, 6.07) is 0. The van der Waals surface area contributed by atoms with Crippen molar-refractivity contribution < 1.29 is 28.6 Å². The SMILES string of the molecule is CC/C=C\C/C=C\C/C=C\C/C=C\C/C=C\C/C=C\CCC(=O)OCC(COC(=O)C/C=C\C/C=C\C/C=C\C/C=C\C/C=C\CC)OC(=O)CCCCCC/C=C\C/C=C\C/C=C\C/C=C\CC. The molecule has 1 unspecified atom stereocenters. The van der Waals surface area contributed by atoms with Gasteiger partial charge in [0.25, 0.3) is 0 Å². The molecule has 69 heavy (non-hydrogen) atoms. The van der Waals surface area contributed by atoms with Gasteiger partial charge in [-0.1, -0.05) is 216 Å². The number of hydrogen-bond acceptors (Lipinski definition) is 6. The van der Waals surface area contributed by atoms with E-state index in [-0.39, 0.29) is 38.4 Å². The summed E-state index contributed by atoms with van der Waals surface area (Å²) in [5.74, 6) is -1.22. The van der Waals surface area contributed by atoms with E-state index in [1.54, 1.807) is 6.08 Å². The van der Waals surface area contributed by atoms with Crippen LogP contribution in [0, 0.1) is 0 Å². The maximum atomic E-state index is 12.8. The first-order valence-electron chi connectivity index (χ1n) is 26.3. The van der Waals surface area contributed by atoms with Crippen LogP contribution in [0.15, 0.2) is 182 Å². The molecule has 0 aromatic carbocycles. The summed E-state index contributed by atoms with van der Waals surface area (Å²) in [5, 5.41) is 0. The normalized spacial score (nSPS) is 13.6. The van der Waals surface area contributed by atoms with E-state index < -0.39 is 18.0 Å². The monoisotopic (exact) mass is 945 g/mol. The van der Waals surface area contributed by atoms with Gasteiger partial charge in [-0.2, -0.15) is 0 Å². The quantitative estimate of drug-likeness (QED) is 0.0262. The second-order valence-corrected chi connectivity index (χ2v) is 16.3. The lowest BCUT2D eigenvalue weighted by molar-refractivity contribution is -0.166. The number of esters is 3. The minimum absolute atomic E-state index is 0.0981. The van der Waals surface area contributed by atoms with E-state index in [0.29, 0.717) is 19.3 Å². The molecule has 0 radical (unpaired) electrons. The summed E-state index contributed by atoms with van der Waals surface area (Å²) in [6.07, 6.45) is 83.4. The van der Waals surface area contributed by atoms with Crippen molar-refractivity contribution in [1.29, 1.82) is 0 Å². The molecule has 0 fully saturated rings. The minimum Gasteiger partial charge on any atom is -0.462 e. The smallest absolute Gasteiger partial charge is 0.309 e. The van der Waals surface area contributed by atoms with E-state index in [2.05, 4.69) is 179 Å². The van der Waals surface area contributed by atoms with Crippen LogP contribution < -0.4 is 0 Å². The molecule has 0 aliphatic heterocycles. The highest BCUT2D eigenvalue weighted by molar-refractivity contribution is 5.72. The van der Waals surface area contributed by atoms with Crippen molar-refractivity contribution in [3.05, 3.63) is 182 Å². The molecule has 0 aliphatic carbocycles. The Morgan fingerprint density at radius 3 is 0.986 bits per heavy atom. The molecule has 0 N–H and O–H groups in total. The predicted octanol–water partition coefficient (Wildman–Crippen LogP) is 17.7. The Morgan fingerprint density at radius 1 is 0.304 bits per heavy atom. The fourth-order valence-electron chi connectivity index (χ4n) is 6.12. The molecular formula is C63H92O6. The van der Waals surface area contributed by atoms with Gasteiger partial charge < -0.3 is 14.2 Å². The maximum absolute atomic E-state index is 12.8. The van der Waals surface area contributed by atoms with Gasteiger partial charge in [0.15, 0.2) is 6.10 Å². The van der Waals surface area contributed by atoms with Gasteiger partial charge in [-0.15, -0.1) is 0 Å². The van der Waals surface area contributed by atoms with Gasteiger partial charge in [0.2, 0.25) is 0 Å². The zero-order valence-electron chi connectivity index (χ0n) is 43.2. The Hall–Kier alpha value is -5.49. The van der Waals surface area contributed by atoms with Crippen LogP contribution >= 0.6 is 0 Å². The summed E-state index contributed by atoms with van der Waals surface area (Å²) >= 11 is 0. The molecule has 6 heteroatoms. The molecule has 0 aromatic rings. The second kappa shape index (κ2) is 55.1. The van der Waals surface area contributed by atoms with E-state index in [1.165, 1.54) is 0 Å². The van der Waals surface area contributed by atoms with Crippen LogP contribution in [0.1, 0.15) is 175 Å². The lowest BCUT2D eigenvalue weighted by Gasteiger charge is -2.18. The number of ether oxygens (including phenoxy) is 3. The molecular weight excluding hydrogens is 853 g/mol. The van der Waals surface area contributed by atoms with Crippen LogP contribution in [0.4, 0.5) is 0 Å². The van der Waals surface area contributed by atoms with Crippen LogP contribution in [-0.2, 0) is 28.6 Å². The average molecular weight is 945 g/mol. The zero-order valence-corrected chi connectivity index (χ0v) is 43.2. The van der Waals surface area contributed by atoms with Crippen molar-refractivity contribution >= 4 is 17.9 Å². The third-order valence-electron chi connectivity index (χ3n) is 9.93. The van der Waals surface area contributed by atoms with Crippen molar-refractivity contribution in [3.63, 3.8) is 0 Å². The van der Waals surface area contributed by atoms with Crippen LogP contribution in [-0.4, -0.2) is 37.2 Å². The summed E-state index contributed by atoms with van der Waals surface area (Å²) in [5.41, 5.74) is 0. The first kappa shape index (κ1) is 63.5. The minimum atomic E-state index is -0.872. The van der Waals surface area contributed by atoms with E-state index >= 15 is 0 Å². The number of hydrogen-bond donors (Lipinski definition) is 0. The molecule has 0 saturated heterocycles. The zero-order chi connectivity index (χ0) is 50.0. The highest BCUT2D eigenvalue weighted by Gasteiger charge is 2.19. The lowest BCUT2D eigenvalue weighted by atomic mass is 10.1. The van der Waals surface area contributed by atoms with Gasteiger partial charge in [-0.05, 0) is 122 Å². The Balaban J connectivity index is 4.71. The fourth-order valence-corrected chi connectivity index (χ4v) is 6.12. The molecule has 0 bridgehead atoms. The maximum Gasteiger partial charge on any atom is 0.309 e. The van der Waals surface area contributed by atoms with Gasteiger partial charge in [0.05, 0.1) is 6.42 Å². The third kappa shape index (κ3) is 53.3. The molecule has 380 valence electrons. The Bertz CT molecular complexity index is 1700.